The molecule has 0 saturated carbocycles. The summed E-state index contributed by atoms with van der Waals surface area (Å²) >= 11 is 0. The topological polar surface area (TPSA) is 69.8 Å². The lowest BCUT2D eigenvalue weighted by Crippen LogP contribution is -2.54. The highest BCUT2D eigenvalue weighted by atomic mass is 16.3. The fraction of sp³-hybridized carbons (Fsp3) is 0.261. The molecule has 2 aliphatic rings. The number of phenols is 1. The van der Waals surface area contributed by atoms with Gasteiger partial charge in [0.2, 0.25) is 5.78 Å². The van der Waals surface area contributed by atoms with Crippen LogP contribution in [-0.2, 0) is 0 Å². The van der Waals surface area contributed by atoms with Gasteiger partial charge in [0.05, 0.1) is 5.69 Å². The second-order valence-corrected chi connectivity index (χ2v) is 8.04. The van der Waals surface area contributed by atoms with Gasteiger partial charge >= 0.3 is 0 Å². The number of fused-ring (bicyclic) bond motifs is 3. The van der Waals surface area contributed by atoms with Crippen LogP contribution >= 0.6 is 0 Å². The minimum Gasteiger partial charge on any atom is -0.507 e. The molecule has 2 aliphatic heterocycles. The number of benzene rings is 1. The minimum atomic E-state index is 0.227. The Morgan fingerprint density at radius 1 is 0.900 bits per heavy atom. The molecule has 2 saturated heterocycles. The van der Waals surface area contributed by atoms with E-state index < -0.39 is 0 Å². The summed E-state index contributed by atoms with van der Waals surface area (Å²) in [7, 11) is 0. The summed E-state index contributed by atoms with van der Waals surface area (Å²) in [5, 5.41) is 10.1. The van der Waals surface area contributed by atoms with Crippen LogP contribution in [0.15, 0.2) is 67.3 Å². The second kappa shape index (κ2) is 6.73. The molecular weight excluding hydrogens is 376 g/mol. The van der Waals surface area contributed by atoms with Crippen molar-refractivity contribution in [3.05, 3.63) is 67.3 Å². The first-order chi connectivity index (χ1) is 14.8. The Bertz CT molecular complexity index is 1190. The van der Waals surface area contributed by atoms with Gasteiger partial charge in [-0.1, -0.05) is 12.1 Å². The highest BCUT2D eigenvalue weighted by Crippen LogP contribution is 2.36. The van der Waals surface area contributed by atoms with E-state index in [0.29, 0.717) is 23.4 Å². The number of anilines is 2. The number of aromatic nitrogens is 4. The molecule has 30 heavy (non-hydrogen) atoms. The molecule has 3 aromatic heterocycles. The van der Waals surface area contributed by atoms with Crippen LogP contribution in [0.5, 0.6) is 5.75 Å². The normalized spacial score (nSPS) is 20.8. The van der Waals surface area contributed by atoms with Crippen molar-refractivity contribution < 1.29 is 5.11 Å². The highest BCUT2D eigenvalue weighted by molar-refractivity contribution is 5.68. The van der Waals surface area contributed by atoms with Crippen molar-refractivity contribution in [3.8, 4) is 17.0 Å². The average Bonchev–Trinajstić information content (AvgIpc) is 3.32. The van der Waals surface area contributed by atoms with E-state index in [1.807, 2.05) is 47.4 Å². The van der Waals surface area contributed by atoms with Crippen molar-refractivity contribution in [1.29, 1.82) is 0 Å². The van der Waals surface area contributed by atoms with E-state index in [1.165, 1.54) is 18.5 Å². The van der Waals surface area contributed by atoms with E-state index in [-0.39, 0.29) is 5.75 Å². The third-order valence-corrected chi connectivity index (χ3v) is 6.26. The molecule has 7 nitrogen and oxygen atoms in total. The summed E-state index contributed by atoms with van der Waals surface area (Å²) in [4.78, 5) is 18.6. The molecule has 0 amide bonds. The van der Waals surface area contributed by atoms with Gasteiger partial charge in [-0.25, -0.2) is 4.98 Å². The lowest BCUT2D eigenvalue weighted by atomic mass is 10.1. The van der Waals surface area contributed by atoms with E-state index in [9.17, 15) is 5.11 Å². The molecule has 0 radical (unpaired) electrons. The maximum Gasteiger partial charge on any atom is 0.236 e. The third kappa shape index (κ3) is 2.77. The second-order valence-electron chi connectivity index (χ2n) is 8.04. The number of pyridine rings is 1. The van der Waals surface area contributed by atoms with Gasteiger partial charge in [-0.3, -0.25) is 9.38 Å². The summed E-state index contributed by atoms with van der Waals surface area (Å²) in [5.41, 5.74) is 2.70. The van der Waals surface area contributed by atoms with E-state index in [2.05, 4.69) is 38.0 Å². The van der Waals surface area contributed by atoms with Crippen molar-refractivity contribution >= 4 is 17.3 Å². The average molecular weight is 398 g/mol. The molecule has 2 bridgehead atoms. The van der Waals surface area contributed by atoms with Crippen molar-refractivity contribution in [2.24, 2.45) is 0 Å². The van der Waals surface area contributed by atoms with Gasteiger partial charge in [0, 0.05) is 61.2 Å². The van der Waals surface area contributed by atoms with Gasteiger partial charge in [-0.2, -0.15) is 4.98 Å². The van der Waals surface area contributed by atoms with Crippen LogP contribution in [0, 0.1) is 0 Å². The number of piperazine rings is 1. The Balaban J connectivity index is 1.29. The summed E-state index contributed by atoms with van der Waals surface area (Å²) in [6.07, 6.45) is 10.1. The Morgan fingerprint density at radius 2 is 1.67 bits per heavy atom. The molecule has 6 rings (SSSR count). The number of hydrogen-bond acceptors (Lipinski definition) is 6. The number of rotatable bonds is 3. The van der Waals surface area contributed by atoms with Gasteiger partial charge in [-0.05, 0) is 43.2 Å². The highest BCUT2D eigenvalue weighted by Gasteiger charge is 2.40. The number of nitrogens with zero attached hydrogens (tertiary/aromatic N) is 6. The number of aromatic hydroxyl groups is 1. The summed E-state index contributed by atoms with van der Waals surface area (Å²) in [6.45, 7) is 1.91. The Morgan fingerprint density at radius 3 is 2.43 bits per heavy atom. The predicted molar refractivity (Wildman–Crippen MR) is 116 cm³/mol. The zero-order chi connectivity index (χ0) is 20.1. The van der Waals surface area contributed by atoms with Crippen molar-refractivity contribution in [2.45, 2.75) is 24.9 Å². The Hall–Kier alpha value is -3.61. The molecule has 2 unspecified atom stereocenters. The van der Waals surface area contributed by atoms with Crippen LogP contribution in [0.4, 0.5) is 11.5 Å². The summed E-state index contributed by atoms with van der Waals surface area (Å²) in [6, 6.07) is 14.5. The zero-order valence-electron chi connectivity index (χ0n) is 16.5. The predicted octanol–water partition coefficient (Wildman–Crippen LogP) is 3.35. The van der Waals surface area contributed by atoms with Crippen LogP contribution in [0.1, 0.15) is 12.8 Å². The molecule has 1 aromatic carbocycles. The van der Waals surface area contributed by atoms with Gasteiger partial charge in [0.15, 0.2) is 0 Å². The van der Waals surface area contributed by atoms with Gasteiger partial charge in [0.1, 0.15) is 11.6 Å². The smallest absolute Gasteiger partial charge is 0.236 e. The number of hydrogen-bond donors (Lipinski definition) is 1. The van der Waals surface area contributed by atoms with E-state index >= 15 is 0 Å². The largest absolute Gasteiger partial charge is 0.507 e. The molecule has 7 heteroatoms. The molecule has 4 aromatic rings. The molecule has 0 aliphatic carbocycles. The first-order valence-electron chi connectivity index (χ1n) is 10.3. The van der Waals surface area contributed by atoms with Crippen molar-refractivity contribution in [1.82, 2.24) is 19.4 Å². The minimum absolute atomic E-state index is 0.227. The van der Waals surface area contributed by atoms with Gasteiger partial charge in [0.25, 0.3) is 0 Å². The SMILES string of the molecule is Oc1ccccc1-c1cn2ccc(N3CC4CCC(C3)N4c3ccncc3)nc2n1. The summed E-state index contributed by atoms with van der Waals surface area (Å²) < 4.78 is 1.91. The van der Waals surface area contributed by atoms with Crippen molar-refractivity contribution in [2.75, 3.05) is 22.9 Å². The fourth-order valence-electron chi connectivity index (χ4n) is 4.89. The zero-order valence-corrected chi connectivity index (χ0v) is 16.5. The molecule has 150 valence electrons. The molecule has 1 N–H and O–H groups in total. The first kappa shape index (κ1) is 17.3. The van der Waals surface area contributed by atoms with Crippen LogP contribution in [0.2, 0.25) is 0 Å². The van der Waals surface area contributed by atoms with E-state index in [1.54, 1.807) is 6.07 Å². The first-order valence-corrected chi connectivity index (χ1v) is 10.3. The van der Waals surface area contributed by atoms with Crippen LogP contribution in [0.3, 0.4) is 0 Å². The number of imidazole rings is 1. The molecule has 2 atom stereocenters. The van der Waals surface area contributed by atoms with Gasteiger partial charge < -0.3 is 14.9 Å². The van der Waals surface area contributed by atoms with Crippen LogP contribution in [0.25, 0.3) is 17.0 Å². The quantitative estimate of drug-likeness (QED) is 0.571. The van der Waals surface area contributed by atoms with Crippen LogP contribution in [-0.4, -0.2) is 49.6 Å². The lowest BCUT2D eigenvalue weighted by molar-refractivity contribution is 0.477. The Labute approximate surface area is 174 Å². The van der Waals surface area contributed by atoms with E-state index in [4.69, 9.17) is 4.98 Å². The summed E-state index contributed by atoms with van der Waals surface area (Å²) in [5.74, 6) is 1.84. The molecular formula is C23H22N6O. The Kier molecular flexibility index (Phi) is 3.87. The molecule has 5 heterocycles. The third-order valence-electron chi connectivity index (χ3n) is 6.26. The maximum atomic E-state index is 10.1. The lowest BCUT2D eigenvalue weighted by Gasteiger charge is -2.42. The maximum absolute atomic E-state index is 10.1. The molecule has 2 fully saturated rings. The number of para-hydroxylation sites is 1. The fourth-order valence-corrected chi connectivity index (χ4v) is 4.89. The standard InChI is InChI=1S/C23H22N6O/c30-21-4-2-1-3-19(21)20-15-27-12-9-22(26-23(27)25-20)28-13-17-5-6-18(14-28)29(17)16-7-10-24-11-8-16/h1-4,7-12,15,17-18,30H,5-6,13-14H2. The van der Waals surface area contributed by atoms with E-state index in [0.717, 1.165) is 24.6 Å². The van der Waals surface area contributed by atoms with Gasteiger partial charge in [-0.15, -0.1) is 0 Å². The monoisotopic (exact) mass is 398 g/mol. The molecule has 0 spiro atoms. The van der Waals surface area contributed by atoms with Crippen LogP contribution < -0.4 is 9.80 Å². The van der Waals surface area contributed by atoms with Crippen molar-refractivity contribution in [3.63, 3.8) is 0 Å². The number of phenolic OH excluding ortho intramolecular Hbond substituents is 1.